The van der Waals surface area contributed by atoms with E-state index >= 15 is 0 Å². The van der Waals surface area contributed by atoms with Gasteiger partial charge in [0.1, 0.15) is 0 Å². The van der Waals surface area contributed by atoms with Gasteiger partial charge in [0, 0.05) is 7.11 Å². The molecule has 0 bridgehead atoms. The Morgan fingerprint density at radius 1 is 1.92 bits per heavy atom. The van der Waals surface area contributed by atoms with E-state index in [4.69, 9.17) is 22.1 Å². The number of aliphatic carboxylic acids is 1. The number of nitrogens with zero attached hydrogens (tertiary/aromatic N) is 1. The van der Waals surface area contributed by atoms with E-state index in [1.807, 2.05) is 0 Å². The highest BCUT2D eigenvalue weighted by Crippen LogP contribution is 2.18. The number of aromatic nitrogens is 2. The first-order valence-corrected chi connectivity index (χ1v) is 4.18. The molecule has 0 aromatic carbocycles. The molecule has 0 aliphatic heterocycles. The summed E-state index contributed by atoms with van der Waals surface area (Å²) in [4.78, 5) is 10.5. The molecule has 7 heteroatoms. The highest BCUT2D eigenvalue weighted by Gasteiger charge is 2.22. The number of H-pyrrole nitrogens is 1. The van der Waals surface area contributed by atoms with Crippen molar-refractivity contribution in [1.82, 2.24) is 10.2 Å². The molecule has 1 heterocycles. The van der Waals surface area contributed by atoms with Crippen molar-refractivity contribution in [3.8, 4) is 0 Å². The van der Waals surface area contributed by atoms with E-state index in [1.54, 1.807) is 0 Å². The van der Waals surface area contributed by atoms with Gasteiger partial charge in [-0.05, 0) is 12.2 Å². The lowest BCUT2D eigenvalue weighted by Crippen LogP contribution is -2.13. The molecule has 0 spiro atoms. The third-order valence-corrected chi connectivity index (χ3v) is 2.27. The van der Waals surface area contributed by atoms with Crippen LogP contribution in [0.3, 0.4) is 0 Å². The zero-order valence-corrected chi connectivity index (χ0v) is 7.74. The Morgan fingerprint density at radius 2 is 2.58 bits per heavy atom. The van der Waals surface area contributed by atoms with Gasteiger partial charge in [0.15, 0.2) is 8.96 Å². The minimum Gasteiger partial charge on any atom is -0.479 e. The van der Waals surface area contributed by atoms with Crippen LogP contribution in [0.15, 0.2) is 0 Å². The fourth-order valence-electron chi connectivity index (χ4n) is 0.661. The molecule has 1 aromatic heterocycles. The topological polar surface area (TPSA) is 75.2 Å². The summed E-state index contributed by atoms with van der Waals surface area (Å²) in [6.45, 7) is 0. The summed E-state index contributed by atoms with van der Waals surface area (Å²) < 4.78 is 5.13. The quantitative estimate of drug-likeness (QED) is 0.721. The molecule has 0 radical (unpaired) electrons. The summed E-state index contributed by atoms with van der Waals surface area (Å²) in [5, 5.41) is 15.1. The van der Waals surface area contributed by atoms with Crippen LogP contribution in [0.1, 0.15) is 11.1 Å². The molecule has 0 aliphatic carbocycles. The molecule has 1 atom stereocenters. The average Bonchev–Trinajstić information content (AvgIpc) is 2.37. The van der Waals surface area contributed by atoms with Gasteiger partial charge in [-0.25, -0.2) is 4.79 Å². The predicted octanol–water partition coefficient (Wildman–Crippen LogP) is 0.973. The molecule has 1 unspecified atom stereocenters. The normalized spacial score (nSPS) is 12.8. The van der Waals surface area contributed by atoms with Gasteiger partial charge in [-0.15, -0.1) is 0 Å². The lowest BCUT2D eigenvalue weighted by atomic mass is 10.4. The Morgan fingerprint density at radius 3 is 2.92 bits per heavy atom. The number of carboxylic acids is 1. The molecule has 12 heavy (non-hydrogen) atoms. The van der Waals surface area contributed by atoms with Crippen LogP contribution in [0.4, 0.5) is 0 Å². The van der Waals surface area contributed by atoms with Gasteiger partial charge < -0.3 is 9.84 Å². The van der Waals surface area contributed by atoms with Gasteiger partial charge in [-0.1, -0.05) is 11.3 Å². The number of ether oxygens (including phenoxy) is 1. The van der Waals surface area contributed by atoms with Gasteiger partial charge in [0.25, 0.3) is 0 Å². The molecule has 0 saturated heterocycles. The van der Waals surface area contributed by atoms with E-state index in [0.717, 1.165) is 11.3 Å². The van der Waals surface area contributed by atoms with Crippen molar-refractivity contribution in [2.45, 2.75) is 6.10 Å². The number of methoxy groups -OCH3 is 1. The van der Waals surface area contributed by atoms with Gasteiger partial charge >= 0.3 is 5.97 Å². The van der Waals surface area contributed by atoms with Crippen molar-refractivity contribution < 1.29 is 14.6 Å². The maximum absolute atomic E-state index is 10.5. The third-order valence-electron chi connectivity index (χ3n) is 1.14. The lowest BCUT2D eigenvalue weighted by Gasteiger charge is -2.04. The maximum Gasteiger partial charge on any atom is 0.340 e. The van der Waals surface area contributed by atoms with Crippen molar-refractivity contribution in [2.24, 2.45) is 0 Å². The van der Waals surface area contributed by atoms with E-state index in [9.17, 15) is 4.79 Å². The summed E-state index contributed by atoms with van der Waals surface area (Å²) in [5.41, 5.74) is 0. The monoisotopic (exact) mass is 206 g/mol. The smallest absolute Gasteiger partial charge is 0.340 e. The maximum atomic E-state index is 10.5. The fraction of sp³-hybridized carbons (Fsp3) is 0.400. The molecule has 0 amide bonds. The molecular formula is C5H6N2O3S2. The van der Waals surface area contributed by atoms with Gasteiger partial charge in [-0.2, -0.15) is 5.10 Å². The van der Waals surface area contributed by atoms with E-state index in [1.165, 1.54) is 7.11 Å². The van der Waals surface area contributed by atoms with Crippen molar-refractivity contribution in [3.05, 3.63) is 8.96 Å². The molecule has 0 fully saturated rings. The molecular weight excluding hydrogens is 200 g/mol. The molecule has 0 saturated carbocycles. The largest absolute Gasteiger partial charge is 0.479 e. The Hall–Kier alpha value is -0.790. The average molecular weight is 206 g/mol. The minimum absolute atomic E-state index is 0.329. The van der Waals surface area contributed by atoms with E-state index in [0.29, 0.717) is 8.96 Å². The summed E-state index contributed by atoms with van der Waals surface area (Å²) in [6.07, 6.45) is -1.03. The predicted molar refractivity (Wildman–Crippen MR) is 44.7 cm³/mol. The summed E-state index contributed by atoms with van der Waals surface area (Å²) in [5.74, 6) is -1.07. The van der Waals surface area contributed by atoms with Crippen LogP contribution >= 0.6 is 23.6 Å². The molecule has 1 rings (SSSR count). The van der Waals surface area contributed by atoms with E-state index in [-0.39, 0.29) is 0 Å². The lowest BCUT2D eigenvalue weighted by molar-refractivity contribution is -0.148. The molecule has 66 valence electrons. The number of hydrogen-bond donors (Lipinski definition) is 2. The second-order valence-corrected chi connectivity index (χ2v) is 3.60. The zero-order valence-electron chi connectivity index (χ0n) is 6.10. The van der Waals surface area contributed by atoms with E-state index < -0.39 is 12.1 Å². The zero-order chi connectivity index (χ0) is 9.14. The number of carbonyl (C=O) groups is 1. The van der Waals surface area contributed by atoms with Crippen LogP contribution in [0.25, 0.3) is 0 Å². The number of hydrogen-bond acceptors (Lipinski definition) is 5. The summed E-state index contributed by atoms with van der Waals surface area (Å²) in [6, 6.07) is 0. The molecule has 1 aromatic rings. The number of carboxylic acid groups (broad SMARTS) is 1. The first-order chi connectivity index (χ1) is 5.65. The van der Waals surface area contributed by atoms with Gasteiger partial charge in [0.05, 0.1) is 0 Å². The van der Waals surface area contributed by atoms with Crippen LogP contribution in [0, 0.1) is 3.95 Å². The van der Waals surface area contributed by atoms with Crippen LogP contribution in [0.2, 0.25) is 0 Å². The third kappa shape index (κ3) is 1.87. The van der Waals surface area contributed by atoms with Crippen molar-refractivity contribution in [1.29, 1.82) is 0 Å². The van der Waals surface area contributed by atoms with Crippen molar-refractivity contribution in [3.63, 3.8) is 0 Å². The standard InChI is InChI=1S/C5H6N2O3S2/c1-10-2(4(8)9)3-6-7-5(11)12-3/h2H,1H3,(H,7,11)(H,8,9). The molecule has 0 aliphatic rings. The van der Waals surface area contributed by atoms with Crippen molar-refractivity contribution in [2.75, 3.05) is 7.11 Å². The Balaban J connectivity index is 2.94. The van der Waals surface area contributed by atoms with Crippen LogP contribution in [0.5, 0.6) is 0 Å². The van der Waals surface area contributed by atoms with Crippen LogP contribution < -0.4 is 0 Å². The minimum atomic E-state index is -1.07. The number of rotatable bonds is 3. The van der Waals surface area contributed by atoms with Gasteiger partial charge in [0.2, 0.25) is 6.10 Å². The Kier molecular flexibility index (Phi) is 2.90. The SMILES string of the molecule is COC(C(=O)O)c1n[nH]c(=S)s1. The van der Waals surface area contributed by atoms with Crippen molar-refractivity contribution >= 4 is 29.5 Å². The van der Waals surface area contributed by atoms with E-state index in [2.05, 4.69) is 10.2 Å². The molecule has 2 N–H and O–H groups in total. The second-order valence-electron chi connectivity index (χ2n) is 1.91. The first kappa shape index (κ1) is 9.30. The Bertz CT molecular complexity index is 331. The highest BCUT2D eigenvalue weighted by atomic mass is 32.1. The fourth-order valence-corrected chi connectivity index (χ4v) is 1.64. The Labute approximate surface area is 77.0 Å². The highest BCUT2D eigenvalue weighted by molar-refractivity contribution is 7.73. The second kappa shape index (κ2) is 3.74. The van der Waals surface area contributed by atoms with Crippen LogP contribution in [-0.4, -0.2) is 28.4 Å². The first-order valence-electron chi connectivity index (χ1n) is 2.96. The molecule has 5 nitrogen and oxygen atoms in total. The van der Waals surface area contributed by atoms with Gasteiger partial charge in [-0.3, -0.25) is 5.10 Å². The summed E-state index contributed by atoms with van der Waals surface area (Å²) in [7, 11) is 1.31. The number of aromatic amines is 1. The van der Waals surface area contributed by atoms with Crippen LogP contribution in [-0.2, 0) is 9.53 Å². The summed E-state index contributed by atoms with van der Waals surface area (Å²) >= 11 is 5.83. The number of nitrogens with one attached hydrogen (secondary N) is 1.